The van der Waals surface area contributed by atoms with Gasteiger partial charge in [-0.1, -0.05) is 29.8 Å². The van der Waals surface area contributed by atoms with Gasteiger partial charge in [0.15, 0.2) is 5.11 Å². The van der Waals surface area contributed by atoms with Crippen molar-refractivity contribution in [3.05, 3.63) is 56.9 Å². The van der Waals surface area contributed by atoms with Crippen molar-refractivity contribution < 1.29 is 14.3 Å². The summed E-state index contributed by atoms with van der Waals surface area (Å²) in [7, 11) is 0. The van der Waals surface area contributed by atoms with Gasteiger partial charge in [-0.3, -0.25) is 10.1 Å². The van der Waals surface area contributed by atoms with E-state index >= 15 is 0 Å². The molecule has 2 aromatic rings. The lowest BCUT2D eigenvalue weighted by atomic mass is 10.1. The van der Waals surface area contributed by atoms with Crippen LogP contribution in [0.1, 0.15) is 39.7 Å². The van der Waals surface area contributed by atoms with Crippen molar-refractivity contribution in [2.45, 2.75) is 26.2 Å². The van der Waals surface area contributed by atoms with Gasteiger partial charge in [0.25, 0.3) is 0 Å². The molecule has 1 amide bonds. The lowest BCUT2D eigenvalue weighted by Crippen LogP contribution is -2.33. The van der Waals surface area contributed by atoms with Crippen molar-refractivity contribution in [2.24, 2.45) is 0 Å². The quantitative estimate of drug-likeness (QED) is 0.409. The zero-order chi connectivity index (χ0) is 20.1. The smallest absolute Gasteiger partial charge is 0.341 e. The number of hydrogen-bond acceptors (Lipinski definition) is 5. The van der Waals surface area contributed by atoms with Gasteiger partial charge in [-0.25, -0.2) is 4.79 Å². The minimum absolute atomic E-state index is 0.124. The number of halogens is 1. The van der Waals surface area contributed by atoms with Gasteiger partial charge in [0, 0.05) is 16.0 Å². The van der Waals surface area contributed by atoms with Crippen molar-refractivity contribution in [1.29, 1.82) is 0 Å². The van der Waals surface area contributed by atoms with Gasteiger partial charge in [-0.2, -0.15) is 0 Å². The standard InChI is InChI=1S/C20H19ClN2O3S2/c1-2-26-19(25)17-13-7-5-9-15(13)28-18(17)23-20(27)22-16(24)11-10-12-6-3-4-8-14(12)21/h3-4,6,8,10-11H,2,5,7,9H2,1H3,(H2,22,23,24,27). The number of aryl methyl sites for hydroxylation is 1. The predicted molar refractivity (Wildman–Crippen MR) is 117 cm³/mol. The second kappa shape index (κ2) is 9.32. The molecule has 0 unspecified atom stereocenters. The number of thiocarbonyl (C=S) groups is 1. The van der Waals surface area contributed by atoms with E-state index in [0.29, 0.717) is 22.2 Å². The third-order valence-corrected chi connectivity index (χ3v) is 5.94. The van der Waals surface area contributed by atoms with Crippen LogP contribution in [-0.4, -0.2) is 23.6 Å². The van der Waals surface area contributed by atoms with Crippen molar-refractivity contribution in [3.63, 3.8) is 0 Å². The number of rotatable bonds is 5. The Balaban J connectivity index is 1.67. The van der Waals surface area contributed by atoms with Gasteiger partial charge in [0.05, 0.1) is 12.2 Å². The molecule has 1 aliphatic rings. The molecule has 1 heterocycles. The van der Waals surface area contributed by atoms with Crippen molar-refractivity contribution in [2.75, 3.05) is 11.9 Å². The summed E-state index contributed by atoms with van der Waals surface area (Å²) in [4.78, 5) is 25.7. The number of fused-ring (bicyclic) bond motifs is 1. The van der Waals surface area contributed by atoms with E-state index in [2.05, 4.69) is 10.6 Å². The summed E-state index contributed by atoms with van der Waals surface area (Å²) in [5.41, 5.74) is 2.29. The molecule has 28 heavy (non-hydrogen) atoms. The molecule has 1 aliphatic carbocycles. The van der Waals surface area contributed by atoms with Gasteiger partial charge < -0.3 is 10.1 Å². The Labute approximate surface area is 177 Å². The lowest BCUT2D eigenvalue weighted by molar-refractivity contribution is -0.115. The van der Waals surface area contributed by atoms with Crippen LogP contribution in [0.15, 0.2) is 30.3 Å². The first-order valence-corrected chi connectivity index (χ1v) is 10.5. The van der Waals surface area contributed by atoms with E-state index in [-0.39, 0.29) is 17.0 Å². The number of anilines is 1. The first-order valence-electron chi connectivity index (χ1n) is 8.85. The second-order valence-electron chi connectivity index (χ2n) is 6.08. The van der Waals surface area contributed by atoms with Crippen LogP contribution in [0.5, 0.6) is 0 Å². The molecule has 0 bridgehead atoms. The number of amides is 1. The molecule has 1 aromatic carbocycles. The van der Waals surface area contributed by atoms with Crippen molar-refractivity contribution in [1.82, 2.24) is 5.32 Å². The fraction of sp³-hybridized carbons (Fsp3) is 0.250. The highest BCUT2D eigenvalue weighted by Crippen LogP contribution is 2.39. The summed E-state index contributed by atoms with van der Waals surface area (Å²) < 4.78 is 5.19. The van der Waals surface area contributed by atoms with Crippen LogP contribution in [-0.2, 0) is 22.4 Å². The molecule has 146 valence electrons. The molecular formula is C20H19ClN2O3S2. The second-order valence-corrected chi connectivity index (χ2v) is 8.00. The molecule has 5 nitrogen and oxygen atoms in total. The SMILES string of the molecule is CCOC(=O)c1c(NC(=S)NC(=O)C=Cc2ccccc2Cl)sc2c1CCC2. The number of benzene rings is 1. The van der Waals surface area contributed by atoms with E-state index in [1.807, 2.05) is 18.2 Å². The highest BCUT2D eigenvalue weighted by molar-refractivity contribution is 7.80. The molecule has 2 N–H and O–H groups in total. The van der Waals surface area contributed by atoms with Gasteiger partial charge >= 0.3 is 5.97 Å². The third kappa shape index (κ3) is 4.79. The normalized spacial score (nSPS) is 12.6. The predicted octanol–water partition coefficient (Wildman–Crippen LogP) is 4.59. The third-order valence-electron chi connectivity index (χ3n) is 4.18. The van der Waals surface area contributed by atoms with Gasteiger partial charge in [0.1, 0.15) is 5.00 Å². The molecular weight excluding hydrogens is 416 g/mol. The van der Waals surface area contributed by atoms with Crippen LogP contribution in [0, 0.1) is 0 Å². The summed E-state index contributed by atoms with van der Waals surface area (Å²) >= 11 is 12.8. The Kier molecular flexibility index (Phi) is 6.83. The number of carbonyl (C=O) groups excluding carboxylic acids is 2. The Bertz CT molecular complexity index is 953. The van der Waals surface area contributed by atoms with Gasteiger partial charge in [-0.05, 0) is 61.7 Å². The molecule has 0 spiro atoms. The molecule has 3 rings (SSSR count). The lowest BCUT2D eigenvalue weighted by Gasteiger charge is -2.10. The maximum atomic E-state index is 12.4. The largest absolute Gasteiger partial charge is 0.462 e. The number of nitrogens with one attached hydrogen (secondary N) is 2. The zero-order valence-electron chi connectivity index (χ0n) is 15.2. The average Bonchev–Trinajstić information content (AvgIpc) is 3.21. The Morgan fingerprint density at radius 1 is 1.32 bits per heavy atom. The van der Waals surface area contributed by atoms with Crippen LogP contribution >= 0.6 is 35.2 Å². The number of thiophene rings is 1. The van der Waals surface area contributed by atoms with E-state index < -0.39 is 0 Å². The Hall–Kier alpha value is -2.22. The molecule has 0 fully saturated rings. The molecule has 8 heteroatoms. The van der Waals surface area contributed by atoms with Crippen molar-refractivity contribution >= 4 is 63.2 Å². The van der Waals surface area contributed by atoms with E-state index in [1.165, 1.54) is 22.3 Å². The van der Waals surface area contributed by atoms with Crippen LogP contribution in [0.2, 0.25) is 5.02 Å². The fourth-order valence-electron chi connectivity index (χ4n) is 2.98. The highest BCUT2D eigenvalue weighted by atomic mass is 35.5. The summed E-state index contributed by atoms with van der Waals surface area (Å²) in [6.45, 7) is 2.07. The minimum Gasteiger partial charge on any atom is -0.462 e. The molecule has 0 aliphatic heterocycles. The van der Waals surface area contributed by atoms with Crippen molar-refractivity contribution in [3.8, 4) is 0 Å². The number of hydrogen-bond donors (Lipinski definition) is 2. The highest BCUT2D eigenvalue weighted by Gasteiger charge is 2.27. The number of carbonyl (C=O) groups is 2. The number of esters is 1. The maximum absolute atomic E-state index is 12.4. The first kappa shape index (κ1) is 20.5. The van der Waals surface area contributed by atoms with E-state index in [4.69, 9.17) is 28.6 Å². The van der Waals surface area contributed by atoms with Crippen LogP contribution < -0.4 is 10.6 Å². The number of ether oxygens (including phenoxy) is 1. The molecule has 0 saturated carbocycles. The minimum atomic E-state index is -0.390. The summed E-state index contributed by atoms with van der Waals surface area (Å²) in [5.74, 6) is -0.753. The molecule has 0 saturated heterocycles. The van der Waals surface area contributed by atoms with E-state index in [1.54, 1.807) is 19.1 Å². The van der Waals surface area contributed by atoms with Gasteiger partial charge in [0.2, 0.25) is 5.91 Å². The molecule has 1 aromatic heterocycles. The summed E-state index contributed by atoms with van der Waals surface area (Å²) in [6, 6.07) is 7.21. The first-order chi connectivity index (χ1) is 13.5. The van der Waals surface area contributed by atoms with E-state index in [0.717, 1.165) is 30.4 Å². The summed E-state index contributed by atoms with van der Waals surface area (Å²) in [5, 5.41) is 6.86. The van der Waals surface area contributed by atoms with E-state index in [9.17, 15) is 9.59 Å². The monoisotopic (exact) mass is 434 g/mol. The fourth-order valence-corrected chi connectivity index (χ4v) is 4.72. The topological polar surface area (TPSA) is 67.4 Å². The maximum Gasteiger partial charge on any atom is 0.341 e. The molecule has 0 radical (unpaired) electrons. The zero-order valence-corrected chi connectivity index (χ0v) is 17.6. The average molecular weight is 435 g/mol. The Morgan fingerprint density at radius 3 is 2.86 bits per heavy atom. The van der Waals surface area contributed by atoms with Crippen LogP contribution in [0.4, 0.5) is 5.00 Å². The van der Waals surface area contributed by atoms with Crippen LogP contribution in [0.3, 0.4) is 0 Å². The summed E-state index contributed by atoms with van der Waals surface area (Å²) in [6.07, 6.45) is 5.79. The molecule has 0 atom stereocenters. The Morgan fingerprint density at radius 2 is 2.11 bits per heavy atom. The van der Waals surface area contributed by atoms with Crippen LogP contribution in [0.25, 0.3) is 6.08 Å². The van der Waals surface area contributed by atoms with Gasteiger partial charge in [-0.15, -0.1) is 11.3 Å².